The number of nitrogens with zero attached hydrogens (tertiary/aromatic N) is 3. The minimum Gasteiger partial charge on any atom is -0.308 e. The van der Waals surface area contributed by atoms with Gasteiger partial charge in [0.1, 0.15) is 5.52 Å². The van der Waals surface area contributed by atoms with Crippen LogP contribution in [-0.4, -0.2) is 9.38 Å². The van der Waals surface area contributed by atoms with Gasteiger partial charge in [0.2, 0.25) is 0 Å². The van der Waals surface area contributed by atoms with Crippen molar-refractivity contribution in [2.24, 2.45) is 12.5 Å². The molecule has 0 saturated heterocycles. The lowest BCUT2D eigenvalue weighted by Gasteiger charge is -2.19. The molecule has 3 aromatic carbocycles. The first-order valence-corrected chi connectivity index (χ1v) is 11.1. The Morgan fingerprint density at radius 2 is 1.65 bits per heavy atom. The largest absolute Gasteiger partial charge is 0.308 e. The molecule has 0 aliphatic heterocycles. The second kappa shape index (κ2) is 5.94. The molecule has 0 amide bonds. The third-order valence-corrected chi connectivity index (χ3v) is 6.86. The van der Waals surface area contributed by atoms with Gasteiger partial charge >= 0.3 is 0 Å². The molecule has 0 radical (unpaired) electrons. The molecule has 6 rings (SSSR count). The Hall–Kier alpha value is -3.20. The maximum atomic E-state index is 4.75. The predicted octanol–water partition coefficient (Wildman–Crippen LogP) is 6.41. The summed E-state index contributed by atoms with van der Waals surface area (Å²) >= 11 is 0. The third kappa shape index (κ3) is 2.40. The van der Waals surface area contributed by atoms with E-state index >= 15 is 0 Å². The molecule has 0 aliphatic carbocycles. The minimum atomic E-state index is 0.227. The highest BCUT2D eigenvalue weighted by atomic mass is 15.0. The lowest BCUT2D eigenvalue weighted by Crippen LogP contribution is -2.30. The number of rotatable bonds is 1. The van der Waals surface area contributed by atoms with Crippen molar-refractivity contribution >= 4 is 49.1 Å². The molecule has 6 aromatic rings. The van der Waals surface area contributed by atoms with Crippen molar-refractivity contribution in [3.8, 4) is 0 Å². The Morgan fingerprint density at radius 1 is 0.935 bits per heavy atom. The fourth-order valence-electron chi connectivity index (χ4n) is 5.54. The smallest absolute Gasteiger partial charge is 0.287 e. The van der Waals surface area contributed by atoms with Gasteiger partial charge in [-0.3, -0.25) is 0 Å². The van der Waals surface area contributed by atoms with E-state index in [-0.39, 0.29) is 5.41 Å². The van der Waals surface area contributed by atoms with Crippen LogP contribution >= 0.6 is 0 Å². The molecule has 31 heavy (non-hydrogen) atoms. The van der Waals surface area contributed by atoms with Gasteiger partial charge in [-0.1, -0.05) is 39.0 Å². The molecule has 3 heteroatoms. The molecule has 0 unspecified atom stereocenters. The molecule has 0 spiro atoms. The van der Waals surface area contributed by atoms with Crippen LogP contribution in [0.25, 0.3) is 49.1 Å². The van der Waals surface area contributed by atoms with Crippen LogP contribution in [0.15, 0.2) is 48.8 Å². The number of benzene rings is 3. The molecule has 3 nitrogen and oxygen atoms in total. The summed E-state index contributed by atoms with van der Waals surface area (Å²) < 4.78 is 4.69. The van der Waals surface area contributed by atoms with Crippen LogP contribution in [0.2, 0.25) is 0 Å². The third-order valence-electron chi connectivity index (χ3n) is 6.86. The van der Waals surface area contributed by atoms with Crippen molar-refractivity contribution in [2.75, 3.05) is 0 Å². The van der Waals surface area contributed by atoms with Gasteiger partial charge in [-0.25, -0.2) is 4.57 Å². The molecule has 0 aliphatic rings. The van der Waals surface area contributed by atoms with Gasteiger partial charge in [0.15, 0.2) is 5.52 Å². The zero-order valence-corrected chi connectivity index (χ0v) is 19.2. The number of pyridine rings is 1. The van der Waals surface area contributed by atoms with Crippen molar-refractivity contribution in [1.82, 2.24) is 9.38 Å². The van der Waals surface area contributed by atoms with E-state index in [1.165, 1.54) is 60.3 Å². The number of aryl methyl sites for hydroxylation is 3. The zero-order valence-electron chi connectivity index (χ0n) is 19.2. The van der Waals surface area contributed by atoms with Crippen molar-refractivity contribution in [2.45, 2.75) is 41.0 Å². The first-order valence-electron chi connectivity index (χ1n) is 11.1. The Kier molecular flexibility index (Phi) is 3.56. The van der Waals surface area contributed by atoms with Crippen LogP contribution in [-0.2, 0) is 13.5 Å². The molecule has 0 saturated carbocycles. The fourth-order valence-corrected chi connectivity index (χ4v) is 5.54. The topological polar surface area (TPSA) is 21.2 Å². The monoisotopic (exact) mass is 406 g/mol. The van der Waals surface area contributed by atoms with E-state index in [0.717, 1.165) is 11.9 Å². The van der Waals surface area contributed by atoms with Crippen molar-refractivity contribution in [3.63, 3.8) is 0 Å². The molecule has 3 heterocycles. The van der Waals surface area contributed by atoms with Crippen LogP contribution in [0, 0.1) is 19.3 Å². The van der Waals surface area contributed by atoms with Crippen LogP contribution in [0.4, 0.5) is 0 Å². The van der Waals surface area contributed by atoms with Gasteiger partial charge < -0.3 is 4.40 Å². The summed E-state index contributed by atoms with van der Waals surface area (Å²) in [6, 6.07) is 15.8. The van der Waals surface area contributed by atoms with Gasteiger partial charge in [0.05, 0.1) is 34.4 Å². The quantitative estimate of drug-likeness (QED) is 0.175. The van der Waals surface area contributed by atoms with Gasteiger partial charge in [-0.05, 0) is 71.6 Å². The summed E-state index contributed by atoms with van der Waals surface area (Å²) in [7, 11) is 2.12. The zero-order chi connectivity index (χ0) is 21.7. The van der Waals surface area contributed by atoms with E-state index in [1.807, 2.05) is 6.33 Å². The second-order valence-corrected chi connectivity index (χ2v) is 10.3. The van der Waals surface area contributed by atoms with E-state index in [0.29, 0.717) is 0 Å². The van der Waals surface area contributed by atoms with Crippen molar-refractivity contribution in [3.05, 3.63) is 65.5 Å². The van der Waals surface area contributed by atoms with Crippen LogP contribution in [0.5, 0.6) is 0 Å². The summed E-state index contributed by atoms with van der Waals surface area (Å²) in [5.74, 6) is 0. The molecule has 0 atom stereocenters. The highest BCUT2D eigenvalue weighted by molar-refractivity contribution is 6.26. The molecular weight excluding hydrogens is 378 g/mol. The number of aromatic nitrogens is 3. The molecular formula is C28H28N3+. The molecule has 0 bridgehead atoms. The highest BCUT2D eigenvalue weighted by Gasteiger charge is 2.25. The van der Waals surface area contributed by atoms with Crippen LogP contribution < -0.4 is 4.57 Å². The van der Waals surface area contributed by atoms with Crippen molar-refractivity contribution < 1.29 is 4.57 Å². The maximum absolute atomic E-state index is 4.75. The Balaban J connectivity index is 2.01. The number of fused-ring (bicyclic) bond motifs is 5. The van der Waals surface area contributed by atoms with E-state index < -0.39 is 0 Å². The molecule has 0 fully saturated rings. The normalized spacial score (nSPS) is 13.0. The molecule has 3 aromatic heterocycles. The SMILES string of the molecule is Cc1cc2c3c(CC(C)(C)C)cccc3n3c4cccc5nc[n+](C)c(c(c1C)c23)c54. The number of hydrogen-bond acceptors (Lipinski definition) is 1. The average molecular weight is 407 g/mol. The predicted molar refractivity (Wildman–Crippen MR) is 130 cm³/mol. The Labute approximate surface area is 182 Å². The Morgan fingerprint density at radius 3 is 2.39 bits per heavy atom. The van der Waals surface area contributed by atoms with Crippen molar-refractivity contribution in [1.29, 1.82) is 0 Å². The van der Waals surface area contributed by atoms with Gasteiger partial charge in [0, 0.05) is 10.8 Å². The highest BCUT2D eigenvalue weighted by Crippen LogP contribution is 2.42. The van der Waals surface area contributed by atoms with Crippen LogP contribution in [0.3, 0.4) is 0 Å². The summed E-state index contributed by atoms with van der Waals surface area (Å²) in [5.41, 5.74) is 10.6. The summed E-state index contributed by atoms with van der Waals surface area (Å²) in [5, 5.41) is 5.36. The van der Waals surface area contributed by atoms with Gasteiger partial charge in [0.25, 0.3) is 6.33 Å². The average Bonchev–Trinajstić information content (AvgIpc) is 3.04. The standard InChI is InChI=1S/C28H28N3/c1-16-13-19-24-18(14-28(3,4)5)9-7-11-21(24)31-22-12-8-10-20-25(22)27(30(6)15-29-20)23(17(16)2)26(19)31/h7-13,15H,14H2,1-6H3/q+1. The van der Waals surface area contributed by atoms with E-state index in [4.69, 9.17) is 4.98 Å². The first-order chi connectivity index (χ1) is 14.8. The van der Waals surface area contributed by atoms with E-state index in [2.05, 4.69) is 93.1 Å². The lowest BCUT2D eigenvalue weighted by molar-refractivity contribution is -0.646. The van der Waals surface area contributed by atoms with Gasteiger partial charge in [-0.15, -0.1) is 0 Å². The van der Waals surface area contributed by atoms with E-state index in [9.17, 15) is 0 Å². The fraction of sp³-hybridized carbons (Fsp3) is 0.286. The molecule has 154 valence electrons. The first kappa shape index (κ1) is 18.6. The molecule has 0 N–H and O–H groups in total. The van der Waals surface area contributed by atoms with Gasteiger partial charge in [-0.2, -0.15) is 0 Å². The summed E-state index contributed by atoms with van der Waals surface area (Å²) in [4.78, 5) is 4.75. The summed E-state index contributed by atoms with van der Waals surface area (Å²) in [6.07, 6.45) is 3.01. The second-order valence-electron chi connectivity index (χ2n) is 10.3. The Bertz CT molecular complexity index is 1660. The summed E-state index contributed by atoms with van der Waals surface area (Å²) in [6.45, 7) is 11.5. The maximum Gasteiger partial charge on any atom is 0.287 e. The lowest BCUT2D eigenvalue weighted by atomic mass is 9.86. The van der Waals surface area contributed by atoms with E-state index in [1.54, 1.807) is 0 Å². The van der Waals surface area contributed by atoms with Crippen LogP contribution in [0.1, 0.15) is 37.5 Å². The minimum absolute atomic E-state index is 0.227. The number of hydrogen-bond donors (Lipinski definition) is 0.